The molecule has 7 nitrogen and oxygen atoms in total. The first-order valence-electron chi connectivity index (χ1n) is 9.94. The van der Waals surface area contributed by atoms with Crippen LogP contribution in [-0.2, 0) is 14.6 Å². The van der Waals surface area contributed by atoms with E-state index in [1.807, 2.05) is 32.0 Å². The van der Waals surface area contributed by atoms with Crippen molar-refractivity contribution in [2.45, 2.75) is 18.7 Å². The molecule has 9 heteroatoms. The summed E-state index contributed by atoms with van der Waals surface area (Å²) in [6.07, 6.45) is 1.07. The highest BCUT2D eigenvalue weighted by Gasteiger charge is 2.14. The van der Waals surface area contributed by atoms with E-state index >= 15 is 0 Å². The van der Waals surface area contributed by atoms with E-state index in [0.717, 1.165) is 17.4 Å². The molecule has 172 valence electrons. The third kappa shape index (κ3) is 6.57. The van der Waals surface area contributed by atoms with Crippen LogP contribution in [0.1, 0.15) is 21.5 Å². The number of sulfone groups is 1. The number of benzene rings is 3. The van der Waals surface area contributed by atoms with Crippen molar-refractivity contribution >= 4 is 44.6 Å². The Balaban J connectivity index is 1.63. The number of hydrogen-bond donors (Lipinski definition) is 2. The van der Waals surface area contributed by atoms with Gasteiger partial charge in [0.25, 0.3) is 11.8 Å². The summed E-state index contributed by atoms with van der Waals surface area (Å²) >= 11 is 6.27. The highest BCUT2D eigenvalue weighted by Crippen LogP contribution is 2.26. The minimum atomic E-state index is -3.44. The van der Waals surface area contributed by atoms with Gasteiger partial charge in [-0.2, -0.15) is 0 Å². The number of carbonyl (C=O) groups is 2. The lowest BCUT2D eigenvalue weighted by Crippen LogP contribution is -2.20. The van der Waals surface area contributed by atoms with Crippen molar-refractivity contribution in [3.8, 4) is 5.75 Å². The van der Waals surface area contributed by atoms with Crippen LogP contribution in [0.2, 0.25) is 5.02 Å². The number of halogens is 1. The number of rotatable bonds is 7. The molecule has 0 aliphatic heterocycles. The lowest BCUT2D eigenvalue weighted by Gasteiger charge is -2.12. The van der Waals surface area contributed by atoms with Crippen LogP contribution in [0.3, 0.4) is 0 Å². The molecular weight excluding hydrogens is 464 g/mol. The lowest BCUT2D eigenvalue weighted by atomic mass is 10.1. The summed E-state index contributed by atoms with van der Waals surface area (Å²) in [6.45, 7) is 3.67. The molecule has 3 rings (SSSR count). The van der Waals surface area contributed by atoms with E-state index in [1.165, 1.54) is 30.3 Å². The van der Waals surface area contributed by atoms with Crippen LogP contribution in [0.4, 0.5) is 11.4 Å². The van der Waals surface area contributed by atoms with E-state index < -0.39 is 15.7 Å². The van der Waals surface area contributed by atoms with Crippen LogP contribution in [0.25, 0.3) is 0 Å². The monoisotopic (exact) mass is 486 g/mol. The fraction of sp³-hybridized carbons (Fsp3) is 0.167. The van der Waals surface area contributed by atoms with Crippen LogP contribution in [-0.4, -0.2) is 33.1 Å². The molecule has 2 amide bonds. The Kier molecular flexibility index (Phi) is 7.40. The van der Waals surface area contributed by atoms with Crippen molar-refractivity contribution in [2.75, 3.05) is 23.5 Å². The van der Waals surface area contributed by atoms with Crippen LogP contribution in [0.15, 0.2) is 65.6 Å². The molecule has 0 fully saturated rings. The molecule has 33 heavy (non-hydrogen) atoms. The number of aryl methyl sites for hydroxylation is 2. The van der Waals surface area contributed by atoms with E-state index in [1.54, 1.807) is 12.1 Å². The molecule has 0 aliphatic rings. The van der Waals surface area contributed by atoms with Crippen LogP contribution < -0.4 is 15.4 Å². The number of amides is 2. The first-order valence-corrected chi connectivity index (χ1v) is 12.2. The van der Waals surface area contributed by atoms with E-state index in [0.29, 0.717) is 17.1 Å². The Labute approximate surface area is 197 Å². The third-order valence-corrected chi connectivity index (χ3v) is 6.15. The Bertz CT molecular complexity index is 1320. The second-order valence-corrected chi connectivity index (χ2v) is 9.98. The predicted molar refractivity (Wildman–Crippen MR) is 129 cm³/mol. The zero-order valence-electron chi connectivity index (χ0n) is 18.3. The Hall–Kier alpha value is -3.36. The van der Waals surface area contributed by atoms with Gasteiger partial charge in [-0.15, -0.1) is 0 Å². The molecular formula is C24H23ClN2O5S. The Morgan fingerprint density at radius 2 is 1.73 bits per heavy atom. The van der Waals surface area contributed by atoms with E-state index in [2.05, 4.69) is 10.6 Å². The maximum Gasteiger partial charge on any atom is 0.262 e. The van der Waals surface area contributed by atoms with Gasteiger partial charge in [0, 0.05) is 17.5 Å². The van der Waals surface area contributed by atoms with Gasteiger partial charge in [0.15, 0.2) is 16.4 Å². The molecule has 0 saturated heterocycles. The summed E-state index contributed by atoms with van der Waals surface area (Å²) in [5.74, 6) is -0.233. The normalized spacial score (nSPS) is 11.0. The summed E-state index contributed by atoms with van der Waals surface area (Å²) in [7, 11) is -3.44. The molecule has 2 N–H and O–H groups in total. The molecule has 0 radical (unpaired) electrons. The van der Waals surface area contributed by atoms with E-state index in [4.69, 9.17) is 16.3 Å². The SMILES string of the molecule is Cc1ccc(C)c(OCC(=O)Nc2ccc(NC(=O)c3cccc(S(C)(=O)=O)c3)c(Cl)c2)c1. The molecule has 3 aromatic rings. The quantitative estimate of drug-likeness (QED) is 0.507. The molecule has 0 saturated carbocycles. The van der Waals surface area contributed by atoms with Gasteiger partial charge in [0.1, 0.15) is 5.75 Å². The van der Waals surface area contributed by atoms with Gasteiger partial charge >= 0.3 is 0 Å². The average Bonchev–Trinajstić information content (AvgIpc) is 2.75. The second-order valence-electron chi connectivity index (χ2n) is 7.55. The van der Waals surface area contributed by atoms with Crippen LogP contribution >= 0.6 is 11.6 Å². The maximum atomic E-state index is 12.5. The Morgan fingerprint density at radius 1 is 0.970 bits per heavy atom. The van der Waals surface area contributed by atoms with Gasteiger partial charge in [-0.05, 0) is 67.4 Å². The van der Waals surface area contributed by atoms with Gasteiger partial charge in [-0.25, -0.2) is 8.42 Å². The molecule has 0 aromatic heterocycles. The van der Waals surface area contributed by atoms with Crippen molar-refractivity contribution in [1.29, 1.82) is 0 Å². The van der Waals surface area contributed by atoms with Gasteiger partial charge in [0.05, 0.1) is 15.6 Å². The van der Waals surface area contributed by atoms with Gasteiger partial charge in [0.2, 0.25) is 0 Å². The van der Waals surface area contributed by atoms with Crippen molar-refractivity contribution in [2.24, 2.45) is 0 Å². The van der Waals surface area contributed by atoms with Crippen molar-refractivity contribution in [1.82, 2.24) is 0 Å². The fourth-order valence-electron chi connectivity index (χ4n) is 2.96. The fourth-order valence-corrected chi connectivity index (χ4v) is 3.85. The molecule has 0 heterocycles. The van der Waals surface area contributed by atoms with Gasteiger partial charge in [-0.3, -0.25) is 9.59 Å². The minimum Gasteiger partial charge on any atom is -0.483 e. The molecule has 0 unspecified atom stereocenters. The van der Waals surface area contributed by atoms with E-state index in [9.17, 15) is 18.0 Å². The average molecular weight is 487 g/mol. The lowest BCUT2D eigenvalue weighted by molar-refractivity contribution is -0.118. The molecule has 0 spiro atoms. The van der Waals surface area contributed by atoms with Crippen LogP contribution in [0, 0.1) is 13.8 Å². The topological polar surface area (TPSA) is 102 Å². The predicted octanol–water partition coefficient (Wildman–Crippen LogP) is 4.63. The number of nitrogens with one attached hydrogen (secondary N) is 2. The zero-order chi connectivity index (χ0) is 24.2. The zero-order valence-corrected chi connectivity index (χ0v) is 19.9. The third-order valence-electron chi connectivity index (χ3n) is 4.73. The summed E-state index contributed by atoms with van der Waals surface area (Å²) in [5, 5.41) is 5.54. The van der Waals surface area contributed by atoms with E-state index in [-0.39, 0.29) is 28.0 Å². The van der Waals surface area contributed by atoms with Crippen molar-refractivity contribution in [3.05, 3.63) is 82.4 Å². The number of hydrogen-bond acceptors (Lipinski definition) is 5. The highest BCUT2D eigenvalue weighted by molar-refractivity contribution is 7.90. The highest BCUT2D eigenvalue weighted by atomic mass is 35.5. The first-order chi connectivity index (χ1) is 15.5. The number of anilines is 2. The van der Waals surface area contributed by atoms with Crippen LogP contribution in [0.5, 0.6) is 5.75 Å². The smallest absolute Gasteiger partial charge is 0.262 e. The van der Waals surface area contributed by atoms with Gasteiger partial charge < -0.3 is 15.4 Å². The largest absolute Gasteiger partial charge is 0.483 e. The standard InChI is InChI=1S/C24H23ClN2O5S/c1-15-7-8-16(2)22(11-15)32-14-23(28)26-18-9-10-21(20(25)13-18)27-24(29)17-5-4-6-19(12-17)33(3,30)31/h4-13H,14H2,1-3H3,(H,26,28)(H,27,29). The molecule has 3 aromatic carbocycles. The number of ether oxygens (including phenoxy) is 1. The first kappa shape index (κ1) is 24.3. The Morgan fingerprint density at radius 3 is 2.42 bits per heavy atom. The number of carbonyl (C=O) groups excluding carboxylic acids is 2. The molecule has 0 bridgehead atoms. The summed E-state index contributed by atoms with van der Waals surface area (Å²) in [5.41, 5.74) is 2.89. The minimum absolute atomic E-state index is 0.0439. The molecule has 0 aliphatic carbocycles. The van der Waals surface area contributed by atoms with Crippen molar-refractivity contribution in [3.63, 3.8) is 0 Å². The molecule has 0 atom stereocenters. The maximum absolute atomic E-state index is 12.5. The summed E-state index contributed by atoms with van der Waals surface area (Å²) in [4.78, 5) is 24.8. The van der Waals surface area contributed by atoms with Crippen molar-refractivity contribution < 1.29 is 22.7 Å². The summed E-state index contributed by atoms with van der Waals surface area (Å²) in [6, 6.07) is 16.1. The summed E-state index contributed by atoms with van der Waals surface area (Å²) < 4.78 is 29.0. The van der Waals surface area contributed by atoms with Gasteiger partial charge in [-0.1, -0.05) is 29.8 Å². The second kappa shape index (κ2) is 10.1.